The molecule has 0 radical (unpaired) electrons. The van der Waals surface area contributed by atoms with Crippen LogP contribution in [0.2, 0.25) is 0 Å². The number of nitrogens with zero attached hydrogens (tertiary/aromatic N) is 1. The smallest absolute Gasteiger partial charge is 0.336 e. The standard InChI is InChI=1S/C32H34N2O6/c1-37-28-16-13-22(17-29(28)38-2)19-33-32(36)34-23-14-15-26(34)30(31(35)39-3)25(18-23)24-11-7-8-12-27(24)40-20-21-9-5-4-6-10-21/h4-13,16-17,23,26H,14-15,18-20H2,1-3H3,(H,33,36)/t23-,26+/m0/s1. The Bertz CT molecular complexity index is 1400. The van der Waals surface area contributed by atoms with Crippen molar-refractivity contribution < 1.29 is 28.5 Å². The monoisotopic (exact) mass is 542 g/mol. The number of esters is 1. The minimum atomic E-state index is -0.420. The van der Waals surface area contributed by atoms with Gasteiger partial charge >= 0.3 is 12.0 Å². The minimum absolute atomic E-state index is 0.0408. The maximum atomic E-state index is 13.5. The van der Waals surface area contributed by atoms with Crippen molar-refractivity contribution in [1.29, 1.82) is 0 Å². The van der Waals surface area contributed by atoms with E-state index in [1.807, 2.05) is 77.7 Å². The third kappa shape index (κ3) is 5.47. The van der Waals surface area contributed by atoms with Crippen molar-refractivity contribution in [3.8, 4) is 17.2 Å². The van der Waals surface area contributed by atoms with Crippen molar-refractivity contribution >= 4 is 17.6 Å². The Hall–Kier alpha value is -4.46. The van der Waals surface area contributed by atoms with E-state index in [1.165, 1.54) is 7.11 Å². The summed E-state index contributed by atoms with van der Waals surface area (Å²) in [5, 5.41) is 3.03. The van der Waals surface area contributed by atoms with E-state index in [4.69, 9.17) is 18.9 Å². The quantitative estimate of drug-likeness (QED) is 0.367. The molecule has 2 bridgehead atoms. The number of para-hydroxylation sites is 1. The van der Waals surface area contributed by atoms with Crippen LogP contribution in [0, 0.1) is 0 Å². The largest absolute Gasteiger partial charge is 0.493 e. The summed E-state index contributed by atoms with van der Waals surface area (Å²) in [5.74, 6) is 1.51. The first-order valence-electron chi connectivity index (χ1n) is 13.4. The molecule has 208 valence electrons. The summed E-state index contributed by atoms with van der Waals surface area (Å²) in [6.07, 6.45) is 2.03. The van der Waals surface area contributed by atoms with Crippen molar-refractivity contribution in [1.82, 2.24) is 10.2 Å². The second kappa shape index (κ2) is 12.2. The van der Waals surface area contributed by atoms with Gasteiger partial charge in [0.15, 0.2) is 11.5 Å². The normalized spacial score (nSPS) is 17.8. The van der Waals surface area contributed by atoms with Gasteiger partial charge in [-0.2, -0.15) is 0 Å². The zero-order chi connectivity index (χ0) is 28.1. The van der Waals surface area contributed by atoms with Gasteiger partial charge in [0.25, 0.3) is 0 Å². The number of urea groups is 1. The van der Waals surface area contributed by atoms with E-state index < -0.39 is 5.97 Å². The average molecular weight is 543 g/mol. The Morgan fingerprint density at radius 3 is 2.35 bits per heavy atom. The summed E-state index contributed by atoms with van der Waals surface area (Å²) in [4.78, 5) is 28.5. The van der Waals surface area contributed by atoms with Crippen molar-refractivity contribution in [3.63, 3.8) is 0 Å². The Morgan fingerprint density at radius 2 is 1.60 bits per heavy atom. The van der Waals surface area contributed by atoms with Gasteiger partial charge in [-0.15, -0.1) is 0 Å². The lowest BCUT2D eigenvalue weighted by Gasteiger charge is -2.37. The van der Waals surface area contributed by atoms with Crippen molar-refractivity contribution in [2.45, 2.75) is 44.5 Å². The predicted octanol–water partition coefficient (Wildman–Crippen LogP) is 5.36. The molecule has 1 fully saturated rings. The maximum absolute atomic E-state index is 13.5. The lowest BCUT2D eigenvalue weighted by molar-refractivity contribution is -0.136. The van der Waals surface area contributed by atoms with Gasteiger partial charge in [-0.3, -0.25) is 0 Å². The average Bonchev–Trinajstić information content (AvgIpc) is 3.32. The van der Waals surface area contributed by atoms with Gasteiger partial charge in [-0.25, -0.2) is 9.59 Å². The summed E-state index contributed by atoms with van der Waals surface area (Å²) in [6, 6.07) is 22.6. The third-order valence-corrected chi connectivity index (χ3v) is 7.58. The summed E-state index contributed by atoms with van der Waals surface area (Å²) in [5.41, 5.74) is 4.20. The van der Waals surface area contributed by atoms with Gasteiger partial charge in [0.2, 0.25) is 0 Å². The Balaban J connectivity index is 1.39. The number of carbonyl (C=O) groups excluding carboxylic acids is 2. The summed E-state index contributed by atoms with van der Waals surface area (Å²) >= 11 is 0. The topological polar surface area (TPSA) is 86.3 Å². The van der Waals surface area contributed by atoms with Crippen LogP contribution in [-0.4, -0.2) is 50.3 Å². The molecule has 0 saturated carbocycles. The lowest BCUT2D eigenvalue weighted by Crippen LogP contribution is -2.50. The molecular formula is C32H34N2O6. The van der Waals surface area contributed by atoms with Crippen LogP contribution < -0.4 is 19.5 Å². The molecule has 0 spiro atoms. The number of fused-ring (bicyclic) bond motifs is 2. The van der Waals surface area contributed by atoms with Crippen molar-refractivity contribution in [2.24, 2.45) is 0 Å². The second-order valence-electron chi connectivity index (χ2n) is 9.86. The van der Waals surface area contributed by atoms with E-state index in [2.05, 4.69) is 5.32 Å². The minimum Gasteiger partial charge on any atom is -0.493 e. The van der Waals surface area contributed by atoms with Gasteiger partial charge < -0.3 is 29.2 Å². The molecule has 8 nitrogen and oxygen atoms in total. The fourth-order valence-electron chi connectivity index (χ4n) is 5.68. The number of amides is 2. The molecule has 1 saturated heterocycles. The number of nitrogens with one attached hydrogen (secondary N) is 1. The summed E-state index contributed by atoms with van der Waals surface area (Å²) in [6.45, 7) is 0.728. The van der Waals surface area contributed by atoms with Crippen LogP contribution in [0.15, 0.2) is 78.4 Å². The molecule has 3 aromatic carbocycles. The van der Waals surface area contributed by atoms with Crippen molar-refractivity contribution in [3.05, 3.63) is 95.1 Å². The van der Waals surface area contributed by atoms with Crippen LogP contribution >= 0.6 is 0 Å². The third-order valence-electron chi connectivity index (χ3n) is 7.58. The molecule has 2 aliphatic heterocycles. The fraction of sp³-hybridized carbons (Fsp3) is 0.312. The number of carbonyl (C=O) groups is 2. The number of hydrogen-bond donors (Lipinski definition) is 1. The van der Waals surface area contributed by atoms with E-state index in [1.54, 1.807) is 14.2 Å². The second-order valence-corrected chi connectivity index (χ2v) is 9.86. The van der Waals surface area contributed by atoms with Gasteiger partial charge in [-0.05, 0) is 54.2 Å². The van der Waals surface area contributed by atoms with Crippen molar-refractivity contribution in [2.75, 3.05) is 21.3 Å². The van der Waals surface area contributed by atoms with E-state index >= 15 is 0 Å². The molecule has 5 rings (SSSR count). The highest BCUT2D eigenvalue weighted by atomic mass is 16.5. The van der Waals surface area contributed by atoms with E-state index in [-0.39, 0.29) is 18.1 Å². The van der Waals surface area contributed by atoms with E-state index in [9.17, 15) is 9.59 Å². The molecule has 2 aliphatic rings. The van der Waals surface area contributed by atoms with Crippen LogP contribution in [0.3, 0.4) is 0 Å². The Morgan fingerprint density at radius 1 is 0.850 bits per heavy atom. The highest BCUT2D eigenvalue weighted by Gasteiger charge is 2.47. The van der Waals surface area contributed by atoms with Gasteiger partial charge in [0, 0.05) is 18.2 Å². The molecule has 0 unspecified atom stereocenters. The fourth-order valence-corrected chi connectivity index (χ4v) is 5.68. The maximum Gasteiger partial charge on any atom is 0.336 e. The number of rotatable bonds is 9. The zero-order valence-electron chi connectivity index (χ0n) is 23.0. The van der Waals surface area contributed by atoms with Gasteiger partial charge in [0.1, 0.15) is 12.4 Å². The number of benzene rings is 3. The molecule has 0 aliphatic carbocycles. The zero-order valence-corrected chi connectivity index (χ0v) is 23.0. The number of methoxy groups -OCH3 is 3. The number of hydrogen-bond acceptors (Lipinski definition) is 6. The predicted molar refractivity (Wildman–Crippen MR) is 151 cm³/mol. The number of ether oxygens (including phenoxy) is 4. The molecule has 3 aromatic rings. The Kier molecular flexibility index (Phi) is 8.24. The SMILES string of the molecule is COC(=O)C1=C(c2ccccc2OCc2ccccc2)C[C@@H]2CC[C@H]1N2C(=O)NCc1ccc(OC)c(OC)c1. The van der Waals surface area contributed by atoms with Gasteiger partial charge in [0.05, 0.1) is 32.9 Å². The van der Waals surface area contributed by atoms with Crippen LogP contribution in [0.5, 0.6) is 17.2 Å². The van der Waals surface area contributed by atoms with Crippen LogP contribution in [0.1, 0.15) is 36.0 Å². The van der Waals surface area contributed by atoms with Crippen LogP contribution in [0.25, 0.3) is 5.57 Å². The first-order valence-corrected chi connectivity index (χ1v) is 13.4. The molecular weight excluding hydrogens is 508 g/mol. The summed E-state index contributed by atoms with van der Waals surface area (Å²) < 4.78 is 22.2. The first-order chi connectivity index (χ1) is 19.5. The molecule has 2 amide bonds. The molecule has 2 atom stereocenters. The molecule has 1 N–H and O–H groups in total. The van der Waals surface area contributed by atoms with Crippen LogP contribution in [0.4, 0.5) is 4.79 Å². The lowest BCUT2D eigenvalue weighted by atomic mass is 9.88. The highest BCUT2D eigenvalue weighted by molar-refractivity contribution is 6.01. The molecule has 0 aromatic heterocycles. The van der Waals surface area contributed by atoms with E-state index in [0.717, 1.165) is 28.7 Å². The molecule has 40 heavy (non-hydrogen) atoms. The highest BCUT2D eigenvalue weighted by Crippen LogP contribution is 2.45. The first kappa shape index (κ1) is 27.1. The Labute approximate surface area is 234 Å². The van der Waals surface area contributed by atoms with Crippen LogP contribution in [-0.2, 0) is 22.7 Å². The molecule has 8 heteroatoms. The van der Waals surface area contributed by atoms with Gasteiger partial charge in [-0.1, -0.05) is 54.6 Å². The summed E-state index contributed by atoms with van der Waals surface area (Å²) in [7, 11) is 4.54. The van der Waals surface area contributed by atoms with E-state index in [0.29, 0.717) is 48.8 Å². The molecule has 2 heterocycles.